The quantitative estimate of drug-likeness (QED) is 0.786. The Morgan fingerprint density at radius 2 is 1.77 bits per heavy atom. The molecule has 0 atom stereocenters. The lowest BCUT2D eigenvalue weighted by atomic mass is 10.1. The Bertz CT molecular complexity index is 941. The van der Waals surface area contributed by atoms with E-state index in [0.717, 1.165) is 30.2 Å². The normalized spacial score (nSPS) is 14.6. The number of nitrogens with one attached hydrogen (secondary N) is 1. The molecule has 0 aliphatic carbocycles. The Balaban J connectivity index is 1.50. The number of aromatic nitrogens is 4. The molecule has 1 aliphatic heterocycles. The lowest BCUT2D eigenvalue weighted by Crippen LogP contribution is -2.29. The van der Waals surface area contributed by atoms with Gasteiger partial charge in [0, 0.05) is 35.9 Å². The molecule has 2 aromatic heterocycles. The first kappa shape index (κ1) is 16.5. The summed E-state index contributed by atoms with van der Waals surface area (Å²) in [7, 11) is 0. The second-order valence-electron chi connectivity index (χ2n) is 6.73. The molecule has 1 saturated heterocycles. The van der Waals surface area contributed by atoms with E-state index in [1.807, 2.05) is 44.2 Å². The van der Waals surface area contributed by atoms with Crippen LogP contribution >= 0.6 is 0 Å². The SMILES string of the molecule is Cc1cc(C)n2nc(C(=O)Nc3ccc(N4CCCCC4)cc3)nc2n1. The molecule has 3 aromatic rings. The van der Waals surface area contributed by atoms with E-state index >= 15 is 0 Å². The molecule has 1 amide bonds. The van der Waals surface area contributed by atoms with Crippen LogP contribution in [0.3, 0.4) is 0 Å². The fourth-order valence-corrected chi connectivity index (χ4v) is 3.36. The molecule has 1 aliphatic rings. The predicted molar refractivity (Wildman–Crippen MR) is 101 cm³/mol. The molecule has 1 fully saturated rings. The van der Waals surface area contributed by atoms with Gasteiger partial charge in [-0.3, -0.25) is 4.79 Å². The molecule has 26 heavy (non-hydrogen) atoms. The van der Waals surface area contributed by atoms with Gasteiger partial charge in [-0.1, -0.05) is 0 Å². The second kappa shape index (κ2) is 6.74. The van der Waals surface area contributed by atoms with Crippen molar-refractivity contribution in [1.82, 2.24) is 19.6 Å². The number of anilines is 2. The number of piperidine rings is 1. The van der Waals surface area contributed by atoms with Crippen molar-refractivity contribution in [2.45, 2.75) is 33.1 Å². The highest BCUT2D eigenvalue weighted by Gasteiger charge is 2.16. The first-order valence-electron chi connectivity index (χ1n) is 8.97. The van der Waals surface area contributed by atoms with Gasteiger partial charge < -0.3 is 10.2 Å². The van der Waals surface area contributed by atoms with Crippen LogP contribution in [0.2, 0.25) is 0 Å². The molecule has 1 N–H and O–H groups in total. The Labute approximate surface area is 152 Å². The van der Waals surface area contributed by atoms with Crippen LogP contribution in [-0.4, -0.2) is 38.6 Å². The number of aryl methyl sites for hydroxylation is 2. The minimum Gasteiger partial charge on any atom is -0.372 e. The smallest absolute Gasteiger partial charge is 0.295 e. The van der Waals surface area contributed by atoms with Gasteiger partial charge in [0.05, 0.1) is 0 Å². The molecule has 1 aromatic carbocycles. The summed E-state index contributed by atoms with van der Waals surface area (Å²) < 4.78 is 1.58. The summed E-state index contributed by atoms with van der Waals surface area (Å²) in [5.74, 6) is 0.220. The highest BCUT2D eigenvalue weighted by atomic mass is 16.2. The number of benzene rings is 1. The van der Waals surface area contributed by atoms with E-state index in [-0.39, 0.29) is 11.7 Å². The highest BCUT2D eigenvalue weighted by molar-refractivity contribution is 6.01. The number of carbonyl (C=O) groups is 1. The summed E-state index contributed by atoms with van der Waals surface area (Å²) in [6, 6.07) is 9.85. The van der Waals surface area contributed by atoms with Gasteiger partial charge in [-0.2, -0.15) is 4.98 Å². The summed E-state index contributed by atoms with van der Waals surface area (Å²) in [6.45, 7) is 6.01. The zero-order valence-electron chi connectivity index (χ0n) is 15.1. The van der Waals surface area contributed by atoms with Crippen molar-refractivity contribution in [2.24, 2.45) is 0 Å². The lowest BCUT2D eigenvalue weighted by molar-refractivity contribution is 0.101. The van der Waals surface area contributed by atoms with E-state index in [1.54, 1.807) is 4.52 Å². The highest BCUT2D eigenvalue weighted by Crippen LogP contribution is 2.22. The van der Waals surface area contributed by atoms with Crippen LogP contribution in [0.4, 0.5) is 11.4 Å². The topological polar surface area (TPSA) is 75.4 Å². The van der Waals surface area contributed by atoms with Crippen molar-refractivity contribution in [1.29, 1.82) is 0 Å². The van der Waals surface area contributed by atoms with Crippen molar-refractivity contribution in [3.8, 4) is 0 Å². The van der Waals surface area contributed by atoms with Crippen LogP contribution in [0.15, 0.2) is 30.3 Å². The van der Waals surface area contributed by atoms with Gasteiger partial charge in [0.15, 0.2) is 0 Å². The van der Waals surface area contributed by atoms with Crippen LogP contribution in [-0.2, 0) is 0 Å². The minimum atomic E-state index is -0.335. The van der Waals surface area contributed by atoms with Crippen molar-refractivity contribution < 1.29 is 4.79 Å². The third kappa shape index (κ3) is 3.24. The summed E-state index contributed by atoms with van der Waals surface area (Å²) >= 11 is 0. The average Bonchev–Trinajstić information content (AvgIpc) is 3.08. The van der Waals surface area contributed by atoms with Crippen LogP contribution < -0.4 is 10.2 Å². The fraction of sp³-hybridized carbons (Fsp3) is 0.368. The van der Waals surface area contributed by atoms with Gasteiger partial charge in [0.1, 0.15) is 0 Å². The maximum absolute atomic E-state index is 12.5. The number of nitrogens with zero attached hydrogens (tertiary/aromatic N) is 5. The van der Waals surface area contributed by atoms with Crippen molar-refractivity contribution in [2.75, 3.05) is 23.3 Å². The van der Waals surface area contributed by atoms with Crippen molar-refractivity contribution in [3.05, 3.63) is 47.5 Å². The molecular formula is C19H22N6O. The van der Waals surface area contributed by atoms with Gasteiger partial charge in [0.25, 0.3) is 11.7 Å². The lowest BCUT2D eigenvalue weighted by Gasteiger charge is -2.28. The average molecular weight is 350 g/mol. The standard InChI is InChI=1S/C19H22N6O/c1-13-12-14(2)25-19(20-13)22-17(23-25)18(26)21-15-6-8-16(9-7-15)24-10-4-3-5-11-24/h6-9,12H,3-5,10-11H2,1-2H3,(H,21,26). The molecule has 0 bridgehead atoms. The molecule has 0 saturated carbocycles. The summed E-state index contributed by atoms with van der Waals surface area (Å²) in [6.07, 6.45) is 3.79. The number of rotatable bonds is 3. The van der Waals surface area contributed by atoms with Gasteiger partial charge in [-0.15, -0.1) is 5.10 Å². The Morgan fingerprint density at radius 1 is 1.04 bits per heavy atom. The zero-order chi connectivity index (χ0) is 18.1. The minimum absolute atomic E-state index is 0.117. The zero-order valence-corrected chi connectivity index (χ0v) is 15.1. The van der Waals surface area contributed by atoms with E-state index in [0.29, 0.717) is 5.78 Å². The molecular weight excluding hydrogens is 328 g/mol. The number of carbonyl (C=O) groups excluding carboxylic acids is 1. The van der Waals surface area contributed by atoms with Crippen LogP contribution in [0, 0.1) is 13.8 Å². The van der Waals surface area contributed by atoms with E-state index in [9.17, 15) is 4.79 Å². The molecule has 134 valence electrons. The van der Waals surface area contributed by atoms with Gasteiger partial charge >= 0.3 is 0 Å². The fourth-order valence-electron chi connectivity index (χ4n) is 3.36. The van der Waals surface area contributed by atoms with E-state index in [1.165, 1.54) is 24.9 Å². The van der Waals surface area contributed by atoms with Crippen LogP contribution in [0.1, 0.15) is 41.3 Å². The van der Waals surface area contributed by atoms with E-state index < -0.39 is 0 Å². The van der Waals surface area contributed by atoms with Gasteiger partial charge in [-0.05, 0) is 63.4 Å². The first-order valence-corrected chi connectivity index (χ1v) is 8.97. The van der Waals surface area contributed by atoms with Gasteiger partial charge in [-0.25, -0.2) is 9.50 Å². The van der Waals surface area contributed by atoms with Crippen molar-refractivity contribution in [3.63, 3.8) is 0 Å². The Morgan fingerprint density at radius 3 is 2.50 bits per heavy atom. The molecule has 0 unspecified atom stereocenters. The van der Waals surface area contributed by atoms with Crippen LogP contribution in [0.25, 0.3) is 5.78 Å². The predicted octanol–water partition coefficient (Wildman–Crippen LogP) is 2.98. The summed E-state index contributed by atoms with van der Waals surface area (Å²) in [5.41, 5.74) is 3.67. The van der Waals surface area contributed by atoms with Crippen LogP contribution in [0.5, 0.6) is 0 Å². The molecule has 7 nitrogen and oxygen atoms in total. The first-order chi connectivity index (χ1) is 12.6. The van der Waals surface area contributed by atoms with Gasteiger partial charge in [0.2, 0.25) is 5.82 Å². The molecule has 7 heteroatoms. The number of hydrogen-bond donors (Lipinski definition) is 1. The molecule has 4 rings (SSSR count). The summed E-state index contributed by atoms with van der Waals surface area (Å²) in [4.78, 5) is 23.4. The Hall–Kier alpha value is -2.96. The number of fused-ring (bicyclic) bond motifs is 1. The second-order valence-corrected chi connectivity index (χ2v) is 6.73. The van der Waals surface area contributed by atoms with Crippen molar-refractivity contribution >= 4 is 23.1 Å². The Kier molecular flexibility index (Phi) is 4.28. The molecule has 0 radical (unpaired) electrons. The van der Waals surface area contributed by atoms with E-state index in [4.69, 9.17) is 0 Å². The number of hydrogen-bond acceptors (Lipinski definition) is 5. The largest absolute Gasteiger partial charge is 0.372 e. The number of amides is 1. The third-order valence-corrected chi connectivity index (χ3v) is 4.67. The van der Waals surface area contributed by atoms with E-state index in [2.05, 4.69) is 25.3 Å². The molecule has 0 spiro atoms. The maximum Gasteiger partial charge on any atom is 0.295 e. The third-order valence-electron chi connectivity index (χ3n) is 4.67. The molecule has 3 heterocycles. The summed E-state index contributed by atoms with van der Waals surface area (Å²) in [5, 5.41) is 7.12. The maximum atomic E-state index is 12.5. The monoisotopic (exact) mass is 350 g/mol.